The number of nitrogens with zero attached hydrogens (tertiary/aromatic N) is 1. The summed E-state index contributed by atoms with van der Waals surface area (Å²) in [5, 5.41) is 3.62. The van der Waals surface area contributed by atoms with E-state index in [2.05, 4.69) is 85.7 Å². The van der Waals surface area contributed by atoms with Crippen LogP contribution in [0.2, 0.25) is 0 Å². The maximum atomic E-state index is 3.62. The molecule has 1 N–H and O–H groups in total. The molecule has 0 fully saturated rings. The molecule has 2 aromatic rings. The molecule has 0 saturated carbocycles. The molecule has 2 heteroatoms. The molecule has 2 aromatic carbocycles. The molecule has 21 heavy (non-hydrogen) atoms. The Labute approximate surface area is 128 Å². The monoisotopic (exact) mass is 282 g/mol. The van der Waals surface area contributed by atoms with Gasteiger partial charge < -0.3 is 10.2 Å². The molecule has 112 valence electrons. The topological polar surface area (TPSA) is 15.3 Å². The Kier molecular flexibility index (Phi) is 5.82. The van der Waals surface area contributed by atoms with E-state index in [-0.39, 0.29) is 0 Å². The number of para-hydroxylation sites is 1. The molecule has 0 radical (unpaired) electrons. The molecule has 1 unspecified atom stereocenters. The van der Waals surface area contributed by atoms with Gasteiger partial charge >= 0.3 is 0 Å². The molecule has 0 aliphatic heterocycles. The molecule has 0 aromatic heterocycles. The lowest BCUT2D eigenvalue weighted by Gasteiger charge is -2.25. The zero-order valence-electron chi connectivity index (χ0n) is 13.3. The molecule has 0 aliphatic carbocycles. The fourth-order valence-corrected chi connectivity index (χ4v) is 2.73. The van der Waals surface area contributed by atoms with Gasteiger partial charge in [-0.05, 0) is 43.1 Å². The smallest absolute Gasteiger partial charge is 0.0363 e. The van der Waals surface area contributed by atoms with Crippen molar-refractivity contribution in [2.45, 2.75) is 26.3 Å². The minimum Gasteiger partial charge on any atom is -0.375 e. The lowest BCUT2D eigenvalue weighted by molar-refractivity contribution is 0.514. The van der Waals surface area contributed by atoms with Crippen LogP contribution in [0.15, 0.2) is 54.6 Å². The Morgan fingerprint density at radius 3 is 2.33 bits per heavy atom. The highest BCUT2D eigenvalue weighted by molar-refractivity contribution is 5.45. The Morgan fingerprint density at radius 2 is 1.67 bits per heavy atom. The number of anilines is 1. The predicted molar refractivity (Wildman–Crippen MR) is 91.9 cm³/mol. The summed E-state index contributed by atoms with van der Waals surface area (Å²) in [6.45, 7) is 6.40. The summed E-state index contributed by atoms with van der Waals surface area (Å²) in [4.78, 5) is 2.32. The number of aryl methyl sites for hydroxylation is 1. The SMILES string of the molecule is CCNC(CCN(C)c1ccccc1)c1ccccc1C. The summed E-state index contributed by atoms with van der Waals surface area (Å²) in [6.07, 6.45) is 1.10. The van der Waals surface area contributed by atoms with E-state index in [0.717, 1.165) is 19.5 Å². The standard InChI is InChI=1S/C19H26N2/c1-4-20-19(18-13-9-8-10-16(18)2)14-15-21(3)17-11-6-5-7-12-17/h5-13,19-20H,4,14-15H2,1-3H3. The van der Waals surface area contributed by atoms with E-state index in [0.29, 0.717) is 6.04 Å². The summed E-state index contributed by atoms with van der Waals surface area (Å²) in [5.74, 6) is 0. The van der Waals surface area contributed by atoms with Crippen LogP contribution in [0, 0.1) is 6.92 Å². The summed E-state index contributed by atoms with van der Waals surface area (Å²) in [6, 6.07) is 19.7. The highest BCUT2D eigenvalue weighted by atomic mass is 15.1. The summed E-state index contributed by atoms with van der Waals surface area (Å²) in [7, 11) is 2.16. The molecular weight excluding hydrogens is 256 g/mol. The van der Waals surface area contributed by atoms with Gasteiger partial charge in [0, 0.05) is 25.3 Å². The van der Waals surface area contributed by atoms with Crippen LogP contribution in [0.1, 0.15) is 30.5 Å². The fourth-order valence-electron chi connectivity index (χ4n) is 2.73. The van der Waals surface area contributed by atoms with Crippen LogP contribution in [-0.2, 0) is 0 Å². The van der Waals surface area contributed by atoms with Gasteiger partial charge in [-0.3, -0.25) is 0 Å². The van der Waals surface area contributed by atoms with Gasteiger partial charge in [0.25, 0.3) is 0 Å². The van der Waals surface area contributed by atoms with Crippen molar-refractivity contribution in [3.63, 3.8) is 0 Å². The first-order valence-corrected chi connectivity index (χ1v) is 7.77. The van der Waals surface area contributed by atoms with Crippen LogP contribution in [0.5, 0.6) is 0 Å². The third kappa shape index (κ3) is 4.33. The third-order valence-corrected chi connectivity index (χ3v) is 3.96. The second-order valence-corrected chi connectivity index (χ2v) is 5.51. The zero-order chi connectivity index (χ0) is 15.1. The second kappa shape index (κ2) is 7.84. The summed E-state index contributed by atoms with van der Waals surface area (Å²) >= 11 is 0. The lowest BCUT2D eigenvalue weighted by atomic mass is 9.98. The van der Waals surface area contributed by atoms with Crippen LogP contribution >= 0.6 is 0 Å². The molecule has 0 bridgehead atoms. The van der Waals surface area contributed by atoms with E-state index in [1.807, 2.05) is 0 Å². The Bertz CT molecular complexity index is 536. The van der Waals surface area contributed by atoms with E-state index in [9.17, 15) is 0 Å². The van der Waals surface area contributed by atoms with E-state index < -0.39 is 0 Å². The van der Waals surface area contributed by atoms with Crippen molar-refractivity contribution < 1.29 is 0 Å². The van der Waals surface area contributed by atoms with Crippen molar-refractivity contribution in [1.82, 2.24) is 5.32 Å². The van der Waals surface area contributed by atoms with Crippen molar-refractivity contribution >= 4 is 5.69 Å². The van der Waals surface area contributed by atoms with Gasteiger partial charge in [0.1, 0.15) is 0 Å². The predicted octanol–water partition coefficient (Wildman–Crippen LogP) is 4.17. The minimum absolute atomic E-state index is 0.419. The van der Waals surface area contributed by atoms with Gasteiger partial charge in [-0.15, -0.1) is 0 Å². The molecule has 0 amide bonds. The number of rotatable bonds is 7. The fraction of sp³-hybridized carbons (Fsp3) is 0.368. The maximum absolute atomic E-state index is 3.62. The number of nitrogens with one attached hydrogen (secondary N) is 1. The van der Waals surface area contributed by atoms with Crippen LogP contribution in [0.4, 0.5) is 5.69 Å². The van der Waals surface area contributed by atoms with Crippen LogP contribution < -0.4 is 10.2 Å². The van der Waals surface area contributed by atoms with E-state index in [1.54, 1.807) is 0 Å². The molecule has 0 spiro atoms. The molecular formula is C19H26N2. The van der Waals surface area contributed by atoms with Crippen molar-refractivity contribution in [1.29, 1.82) is 0 Å². The Morgan fingerprint density at radius 1 is 1.00 bits per heavy atom. The van der Waals surface area contributed by atoms with Gasteiger partial charge in [0.05, 0.1) is 0 Å². The number of hydrogen-bond donors (Lipinski definition) is 1. The third-order valence-electron chi connectivity index (χ3n) is 3.96. The van der Waals surface area contributed by atoms with E-state index in [4.69, 9.17) is 0 Å². The zero-order valence-corrected chi connectivity index (χ0v) is 13.3. The van der Waals surface area contributed by atoms with Gasteiger partial charge in [0.15, 0.2) is 0 Å². The van der Waals surface area contributed by atoms with Crippen molar-refractivity contribution in [3.05, 3.63) is 65.7 Å². The Balaban J connectivity index is 2.02. The van der Waals surface area contributed by atoms with E-state index in [1.165, 1.54) is 16.8 Å². The quantitative estimate of drug-likeness (QED) is 0.820. The first-order chi connectivity index (χ1) is 10.2. The molecule has 1 atom stereocenters. The van der Waals surface area contributed by atoms with Crippen molar-refractivity contribution in [2.75, 3.05) is 25.0 Å². The number of benzene rings is 2. The lowest BCUT2D eigenvalue weighted by Crippen LogP contribution is -2.27. The first-order valence-electron chi connectivity index (χ1n) is 7.77. The average Bonchev–Trinajstić information content (AvgIpc) is 2.53. The van der Waals surface area contributed by atoms with Gasteiger partial charge in [-0.25, -0.2) is 0 Å². The second-order valence-electron chi connectivity index (χ2n) is 5.51. The maximum Gasteiger partial charge on any atom is 0.0363 e. The van der Waals surface area contributed by atoms with Gasteiger partial charge in [-0.2, -0.15) is 0 Å². The van der Waals surface area contributed by atoms with Crippen LogP contribution in [-0.4, -0.2) is 20.1 Å². The minimum atomic E-state index is 0.419. The average molecular weight is 282 g/mol. The van der Waals surface area contributed by atoms with Gasteiger partial charge in [0.2, 0.25) is 0 Å². The summed E-state index contributed by atoms with van der Waals surface area (Å²) < 4.78 is 0. The van der Waals surface area contributed by atoms with E-state index >= 15 is 0 Å². The van der Waals surface area contributed by atoms with Crippen molar-refractivity contribution in [2.24, 2.45) is 0 Å². The molecule has 0 saturated heterocycles. The van der Waals surface area contributed by atoms with Crippen molar-refractivity contribution in [3.8, 4) is 0 Å². The number of hydrogen-bond acceptors (Lipinski definition) is 2. The first kappa shape index (κ1) is 15.6. The molecule has 0 heterocycles. The molecule has 2 rings (SSSR count). The molecule has 2 nitrogen and oxygen atoms in total. The highest BCUT2D eigenvalue weighted by Crippen LogP contribution is 2.22. The Hall–Kier alpha value is -1.80. The van der Waals surface area contributed by atoms with Gasteiger partial charge in [-0.1, -0.05) is 49.4 Å². The largest absolute Gasteiger partial charge is 0.375 e. The highest BCUT2D eigenvalue weighted by Gasteiger charge is 2.13. The summed E-state index contributed by atoms with van der Waals surface area (Å²) in [5.41, 5.74) is 4.06. The molecule has 0 aliphatic rings. The van der Waals surface area contributed by atoms with Crippen LogP contribution in [0.25, 0.3) is 0 Å². The normalized spacial score (nSPS) is 12.1. The van der Waals surface area contributed by atoms with Crippen LogP contribution in [0.3, 0.4) is 0 Å².